The van der Waals surface area contributed by atoms with Crippen LogP contribution in [0.5, 0.6) is 5.75 Å². The Labute approximate surface area is 98.9 Å². The molecule has 1 amide bonds. The van der Waals surface area contributed by atoms with Gasteiger partial charge in [0.25, 0.3) is 5.91 Å². The van der Waals surface area contributed by atoms with Crippen LogP contribution in [0.1, 0.15) is 17.3 Å². The molecule has 90 valence electrons. The van der Waals surface area contributed by atoms with Gasteiger partial charge in [0.2, 0.25) is 0 Å². The van der Waals surface area contributed by atoms with E-state index >= 15 is 0 Å². The van der Waals surface area contributed by atoms with Gasteiger partial charge in [-0.1, -0.05) is 0 Å². The lowest BCUT2D eigenvalue weighted by Gasteiger charge is -2.30. The predicted octanol–water partition coefficient (Wildman–Crippen LogP) is 1.22. The topological polar surface area (TPSA) is 55.8 Å². The Bertz CT molecular complexity index is 483. The summed E-state index contributed by atoms with van der Waals surface area (Å²) in [5.41, 5.74) is 1.06. The monoisotopic (exact) mass is 235 g/mol. The van der Waals surface area contributed by atoms with Gasteiger partial charge in [0, 0.05) is 7.05 Å². The van der Waals surface area contributed by atoms with Crippen molar-refractivity contribution < 1.29 is 19.1 Å². The summed E-state index contributed by atoms with van der Waals surface area (Å²) in [6, 6.07) is 4.86. The summed E-state index contributed by atoms with van der Waals surface area (Å²) in [6.07, 6.45) is -0.541. The van der Waals surface area contributed by atoms with Gasteiger partial charge < -0.3 is 14.4 Å². The summed E-state index contributed by atoms with van der Waals surface area (Å²) in [7, 11) is 3.00. The molecule has 0 spiro atoms. The van der Waals surface area contributed by atoms with Crippen LogP contribution < -0.4 is 9.64 Å². The van der Waals surface area contributed by atoms with Gasteiger partial charge in [-0.2, -0.15) is 0 Å². The molecule has 0 saturated heterocycles. The number of ether oxygens (including phenoxy) is 2. The Morgan fingerprint density at radius 2 is 2.18 bits per heavy atom. The lowest BCUT2D eigenvalue weighted by molar-refractivity contribution is -0.125. The molecule has 0 aromatic heterocycles. The van der Waals surface area contributed by atoms with Crippen molar-refractivity contribution in [2.75, 3.05) is 19.1 Å². The highest BCUT2D eigenvalue weighted by atomic mass is 16.5. The SMILES string of the molecule is COC(=O)c1ccc2c(c1)O[C@H](C)C(=O)N2C. The summed E-state index contributed by atoms with van der Waals surface area (Å²) in [6.45, 7) is 1.67. The van der Waals surface area contributed by atoms with Gasteiger partial charge in [0.1, 0.15) is 5.75 Å². The van der Waals surface area contributed by atoms with Gasteiger partial charge in [-0.05, 0) is 25.1 Å². The lowest BCUT2D eigenvalue weighted by Crippen LogP contribution is -2.42. The molecule has 0 saturated carbocycles. The largest absolute Gasteiger partial charge is 0.479 e. The summed E-state index contributed by atoms with van der Waals surface area (Å²) in [5.74, 6) is -0.0191. The average molecular weight is 235 g/mol. The number of carbonyl (C=O) groups excluding carboxylic acids is 2. The molecule has 2 rings (SSSR count). The second-order valence-corrected chi connectivity index (χ2v) is 3.83. The first kappa shape index (κ1) is 11.4. The minimum absolute atomic E-state index is 0.108. The zero-order valence-electron chi connectivity index (χ0n) is 9.89. The van der Waals surface area contributed by atoms with E-state index in [2.05, 4.69) is 4.74 Å². The van der Waals surface area contributed by atoms with E-state index in [0.717, 1.165) is 0 Å². The van der Waals surface area contributed by atoms with Crippen LogP contribution in [0.4, 0.5) is 5.69 Å². The maximum Gasteiger partial charge on any atom is 0.337 e. The van der Waals surface area contributed by atoms with Crippen molar-refractivity contribution in [2.45, 2.75) is 13.0 Å². The lowest BCUT2D eigenvalue weighted by atomic mass is 10.1. The fraction of sp³-hybridized carbons (Fsp3) is 0.333. The average Bonchev–Trinajstić information content (AvgIpc) is 2.34. The van der Waals surface area contributed by atoms with Gasteiger partial charge in [-0.25, -0.2) is 4.79 Å². The zero-order valence-corrected chi connectivity index (χ0v) is 9.89. The molecule has 1 aliphatic heterocycles. The molecule has 1 atom stereocenters. The molecule has 0 N–H and O–H groups in total. The molecule has 0 unspecified atom stereocenters. The van der Waals surface area contributed by atoms with Crippen molar-refractivity contribution in [3.63, 3.8) is 0 Å². The van der Waals surface area contributed by atoms with Crippen LogP contribution in [0.25, 0.3) is 0 Å². The molecular weight excluding hydrogens is 222 g/mol. The van der Waals surface area contributed by atoms with Gasteiger partial charge >= 0.3 is 5.97 Å². The number of fused-ring (bicyclic) bond motifs is 1. The quantitative estimate of drug-likeness (QED) is 0.687. The van der Waals surface area contributed by atoms with E-state index in [1.54, 1.807) is 32.2 Å². The van der Waals surface area contributed by atoms with E-state index in [9.17, 15) is 9.59 Å². The van der Waals surface area contributed by atoms with Crippen LogP contribution >= 0.6 is 0 Å². The van der Waals surface area contributed by atoms with Crippen molar-refractivity contribution >= 4 is 17.6 Å². The van der Waals surface area contributed by atoms with Crippen LogP contribution in [0.3, 0.4) is 0 Å². The van der Waals surface area contributed by atoms with Crippen molar-refractivity contribution in [1.29, 1.82) is 0 Å². The molecular formula is C12H13NO4. The minimum atomic E-state index is -0.541. The number of likely N-dealkylation sites (N-methyl/N-ethyl adjacent to an activating group) is 1. The molecule has 17 heavy (non-hydrogen) atoms. The summed E-state index contributed by atoms with van der Waals surface area (Å²) in [4.78, 5) is 24.6. The van der Waals surface area contributed by atoms with E-state index in [1.165, 1.54) is 12.0 Å². The Hall–Kier alpha value is -2.04. The number of rotatable bonds is 1. The van der Waals surface area contributed by atoms with E-state index in [-0.39, 0.29) is 5.91 Å². The van der Waals surface area contributed by atoms with Crippen LogP contribution in [-0.2, 0) is 9.53 Å². The number of amides is 1. The number of hydrogen-bond acceptors (Lipinski definition) is 4. The second kappa shape index (κ2) is 4.08. The van der Waals surface area contributed by atoms with Crippen LogP contribution in [0.2, 0.25) is 0 Å². The number of nitrogens with zero attached hydrogens (tertiary/aromatic N) is 1. The van der Waals surface area contributed by atoms with E-state index < -0.39 is 12.1 Å². The maximum absolute atomic E-state index is 11.7. The minimum Gasteiger partial charge on any atom is -0.479 e. The number of hydrogen-bond donors (Lipinski definition) is 0. The van der Waals surface area contributed by atoms with Gasteiger partial charge in [0.15, 0.2) is 6.10 Å². The zero-order chi connectivity index (χ0) is 12.6. The Balaban J connectivity index is 2.44. The number of benzene rings is 1. The Morgan fingerprint density at radius 1 is 1.47 bits per heavy atom. The number of methoxy groups -OCH3 is 1. The fourth-order valence-electron chi connectivity index (χ4n) is 1.76. The molecule has 1 aliphatic rings. The number of anilines is 1. The molecule has 0 radical (unpaired) electrons. The van der Waals surface area contributed by atoms with E-state index in [4.69, 9.17) is 4.74 Å². The van der Waals surface area contributed by atoms with Crippen molar-refractivity contribution in [3.05, 3.63) is 23.8 Å². The smallest absolute Gasteiger partial charge is 0.337 e. The van der Waals surface area contributed by atoms with Crippen molar-refractivity contribution in [3.8, 4) is 5.75 Å². The standard InChI is InChI=1S/C12H13NO4/c1-7-11(14)13(2)9-5-4-8(12(15)16-3)6-10(9)17-7/h4-7H,1-3H3/t7-/m1/s1. The molecule has 0 fully saturated rings. The predicted molar refractivity (Wildman–Crippen MR) is 61.3 cm³/mol. The third kappa shape index (κ3) is 1.84. The highest BCUT2D eigenvalue weighted by Gasteiger charge is 2.29. The molecule has 1 aromatic rings. The normalized spacial score (nSPS) is 18.4. The molecule has 0 aliphatic carbocycles. The van der Waals surface area contributed by atoms with Crippen LogP contribution in [0.15, 0.2) is 18.2 Å². The first-order chi connectivity index (χ1) is 8.04. The van der Waals surface area contributed by atoms with E-state index in [1.807, 2.05) is 0 Å². The van der Waals surface area contributed by atoms with Gasteiger partial charge in [0.05, 0.1) is 18.4 Å². The Morgan fingerprint density at radius 3 is 2.82 bits per heavy atom. The van der Waals surface area contributed by atoms with Crippen molar-refractivity contribution in [2.24, 2.45) is 0 Å². The van der Waals surface area contributed by atoms with E-state index in [0.29, 0.717) is 17.0 Å². The molecule has 1 aromatic carbocycles. The van der Waals surface area contributed by atoms with Gasteiger partial charge in [-0.15, -0.1) is 0 Å². The highest BCUT2D eigenvalue weighted by molar-refractivity contribution is 6.00. The fourth-order valence-corrected chi connectivity index (χ4v) is 1.76. The summed E-state index contributed by atoms with van der Waals surface area (Å²) >= 11 is 0. The highest BCUT2D eigenvalue weighted by Crippen LogP contribution is 2.33. The summed E-state index contributed by atoms with van der Waals surface area (Å²) in [5, 5.41) is 0. The number of esters is 1. The summed E-state index contributed by atoms with van der Waals surface area (Å²) < 4.78 is 10.1. The van der Waals surface area contributed by atoms with Crippen LogP contribution in [-0.4, -0.2) is 32.1 Å². The third-order valence-electron chi connectivity index (χ3n) is 2.72. The maximum atomic E-state index is 11.7. The second-order valence-electron chi connectivity index (χ2n) is 3.83. The molecule has 5 nitrogen and oxygen atoms in total. The first-order valence-corrected chi connectivity index (χ1v) is 5.21. The molecule has 0 bridgehead atoms. The Kier molecular flexibility index (Phi) is 2.75. The molecule has 5 heteroatoms. The first-order valence-electron chi connectivity index (χ1n) is 5.21. The van der Waals surface area contributed by atoms with Gasteiger partial charge in [-0.3, -0.25) is 4.79 Å². The van der Waals surface area contributed by atoms with Crippen LogP contribution in [0, 0.1) is 0 Å². The number of carbonyl (C=O) groups is 2. The molecule has 1 heterocycles. The van der Waals surface area contributed by atoms with Crippen molar-refractivity contribution in [1.82, 2.24) is 0 Å². The third-order valence-corrected chi connectivity index (χ3v) is 2.72.